The molecular formula is C19H30N4O2. The normalized spacial score (nSPS) is 22.0. The third kappa shape index (κ3) is 4.22. The Morgan fingerprint density at radius 2 is 2.04 bits per heavy atom. The maximum atomic E-state index is 12.4. The van der Waals surface area contributed by atoms with Crippen LogP contribution in [0.1, 0.15) is 64.6 Å². The molecular weight excluding hydrogens is 316 g/mol. The summed E-state index contributed by atoms with van der Waals surface area (Å²) in [6.07, 6.45) is 8.14. The van der Waals surface area contributed by atoms with Crippen LogP contribution in [-0.4, -0.2) is 45.1 Å². The van der Waals surface area contributed by atoms with Crippen molar-refractivity contribution in [3.63, 3.8) is 0 Å². The van der Waals surface area contributed by atoms with Gasteiger partial charge in [0, 0.05) is 37.7 Å². The summed E-state index contributed by atoms with van der Waals surface area (Å²) < 4.78 is 2.08. The van der Waals surface area contributed by atoms with Crippen LogP contribution in [0.15, 0.2) is 12.3 Å². The summed E-state index contributed by atoms with van der Waals surface area (Å²) in [5.41, 5.74) is 0.796. The molecule has 1 aliphatic carbocycles. The second-order valence-corrected chi connectivity index (χ2v) is 8.34. The Bertz CT molecular complexity index is 626. The van der Waals surface area contributed by atoms with Crippen molar-refractivity contribution in [1.29, 1.82) is 0 Å². The molecule has 25 heavy (non-hydrogen) atoms. The molecule has 1 atom stereocenters. The zero-order valence-corrected chi connectivity index (χ0v) is 15.6. The smallest absolute Gasteiger partial charge is 0.225 e. The van der Waals surface area contributed by atoms with Gasteiger partial charge < -0.3 is 10.2 Å². The molecule has 3 rings (SSSR count). The van der Waals surface area contributed by atoms with Crippen molar-refractivity contribution in [3.05, 3.63) is 18.0 Å². The first-order valence-corrected chi connectivity index (χ1v) is 9.47. The Morgan fingerprint density at radius 3 is 2.68 bits per heavy atom. The fourth-order valence-corrected chi connectivity index (χ4v) is 3.87. The zero-order valence-electron chi connectivity index (χ0n) is 15.6. The van der Waals surface area contributed by atoms with Gasteiger partial charge in [0.05, 0.1) is 17.7 Å². The molecule has 1 saturated heterocycles. The molecule has 138 valence electrons. The molecule has 1 aliphatic heterocycles. The predicted octanol–water partition coefficient (Wildman–Crippen LogP) is 2.30. The second-order valence-electron chi connectivity index (χ2n) is 8.34. The molecule has 1 aromatic rings. The molecule has 1 N–H and O–H groups in total. The van der Waals surface area contributed by atoms with Gasteiger partial charge in [-0.05, 0) is 39.7 Å². The number of hydrogen-bond donors (Lipinski definition) is 1. The van der Waals surface area contributed by atoms with Gasteiger partial charge in [-0.2, -0.15) is 5.10 Å². The lowest BCUT2D eigenvalue weighted by Crippen LogP contribution is -2.43. The number of likely N-dealkylation sites (tertiary alicyclic amines) is 1. The van der Waals surface area contributed by atoms with E-state index < -0.39 is 0 Å². The number of rotatable bonds is 5. The molecule has 2 fully saturated rings. The Labute approximate surface area is 149 Å². The van der Waals surface area contributed by atoms with E-state index in [9.17, 15) is 9.59 Å². The number of amides is 2. The SMILES string of the molecule is CC(C)(C)N1CC(C(=O)NCCc2ccn(C3CCCC3)n2)CC1=O. The molecule has 2 amide bonds. The van der Waals surface area contributed by atoms with E-state index >= 15 is 0 Å². The molecule has 0 spiro atoms. The molecule has 1 unspecified atom stereocenters. The van der Waals surface area contributed by atoms with Gasteiger partial charge in [0.25, 0.3) is 0 Å². The highest BCUT2D eigenvalue weighted by Gasteiger charge is 2.39. The number of carbonyl (C=O) groups excluding carboxylic acids is 2. The van der Waals surface area contributed by atoms with Crippen LogP contribution in [0.25, 0.3) is 0 Å². The molecule has 0 bridgehead atoms. The van der Waals surface area contributed by atoms with E-state index in [1.165, 1.54) is 25.7 Å². The Balaban J connectivity index is 1.45. The van der Waals surface area contributed by atoms with Crippen molar-refractivity contribution in [3.8, 4) is 0 Å². The van der Waals surface area contributed by atoms with Crippen molar-refractivity contribution >= 4 is 11.8 Å². The fraction of sp³-hybridized carbons (Fsp3) is 0.737. The molecule has 0 radical (unpaired) electrons. The minimum Gasteiger partial charge on any atom is -0.355 e. The van der Waals surface area contributed by atoms with Gasteiger partial charge in [0.15, 0.2) is 0 Å². The minimum atomic E-state index is -0.234. The minimum absolute atomic E-state index is 0.0182. The topological polar surface area (TPSA) is 67.2 Å². The van der Waals surface area contributed by atoms with E-state index in [0.717, 1.165) is 12.1 Å². The molecule has 0 aromatic carbocycles. The third-order valence-corrected chi connectivity index (χ3v) is 5.35. The van der Waals surface area contributed by atoms with Gasteiger partial charge in [-0.25, -0.2) is 0 Å². The quantitative estimate of drug-likeness (QED) is 0.889. The lowest BCUT2D eigenvalue weighted by atomic mass is 10.1. The van der Waals surface area contributed by atoms with Gasteiger partial charge in [0.2, 0.25) is 11.8 Å². The maximum absolute atomic E-state index is 12.4. The summed E-state index contributed by atoms with van der Waals surface area (Å²) in [7, 11) is 0. The van der Waals surface area contributed by atoms with E-state index in [-0.39, 0.29) is 23.3 Å². The highest BCUT2D eigenvalue weighted by molar-refractivity contribution is 5.89. The predicted molar refractivity (Wildman–Crippen MR) is 96.0 cm³/mol. The van der Waals surface area contributed by atoms with Gasteiger partial charge >= 0.3 is 0 Å². The van der Waals surface area contributed by atoms with Crippen LogP contribution in [0, 0.1) is 5.92 Å². The summed E-state index contributed by atoms with van der Waals surface area (Å²) in [6, 6.07) is 2.60. The number of carbonyl (C=O) groups is 2. The van der Waals surface area contributed by atoms with Crippen LogP contribution >= 0.6 is 0 Å². The summed E-state index contributed by atoms with van der Waals surface area (Å²) in [4.78, 5) is 26.3. The van der Waals surface area contributed by atoms with Crippen LogP contribution in [-0.2, 0) is 16.0 Å². The molecule has 2 heterocycles. The monoisotopic (exact) mass is 346 g/mol. The first-order chi connectivity index (χ1) is 11.8. The largest absolute Gasteiger partial charge is 0.355 e. The zero-order chi connectivity index (χ0) is 18.0. The summed E-state index contributed by atoms with van der Waals surface area (Å²) in [6.45, 7) is 7.11. The van der Waals surface area contributed by atoms with Crippen LogP contribution in [0.3, 0.4) is 0 Å². The molecule has 1 saturated carbocycles. The lowest BCUT2D eigenvalue weighted by Gasteiger charge is -2.31. The van der Waals surface area contributed by atoms with Crippen LogP contribution in [0.2, 0.25) is 0 Å². The Hall–Kier alpha value is -1.85. The van der Waals surface area contributed by atoms with Crippen LogP contribution < -0.4 is 5.32 Å². The standard InChI is InChI=1S/C19H30N4O2/c1-19(2,3)22-13-14(12-17(22)24)18(25)20-10-8-15-9-11-23(21-15)16-6-4-5-7-16/h9,11,14,16H,4-8,10,12-13H2,1-3H3,(H,20,25). The maximum Gasteiger partial charge on any atom is 0.225 e. The Morgan fingerprint density at radius 1 is 1.32 bits per heavy atom. The first-order valence-electron chi connectivity index (χ1n) is 9.47. The van der Waals surface area contributed by atoms with Crippen molar-refractivity contribution in [2.24, 2.45) is 5.92 Å². The van der Waals surface area contributed by atoms with E-state index in [4.69, 9.17) is 0 Å². The number of nitrogens with one attached hydrogen (secondary N) is 1. The first kappa shape index (κ1) is 18.0. The van der Waals surface area contributed by atoms with Crippen molar-refractivity contribution in [2.45, 2.75) is 70.9 Å². The van der Waals surface area contributed by atoms with E-state index in [1.807, 2.05) is 26.8 Å². The average Bonchev–Trinajstić information content (AvgIpc) is 3.25. The van der Waals surface area contributed by atoms with Gasteiger partial charge in [-0.3, -0.25) is 14.3 Å². The third-order valence-electron chi connectivity index (χ3n) is 5.35. The van der Waals surface area contributed by atoms with Crippen molar-refractivity contribution in [1.82, 2.24) is 20.0 Å². The molecule has 1 aromatic heterocycles. The second kappa shape index (κ2) is 7.18. The average molecular weight is 346 g/mol. The van der Waals surface area contributed by atoms with Gasteiger partial charge in [0.1, 0.15) is 0 Å². The summed E-state index contributed by atoms with van der Waals surface area (Å²) in [5, 5.41) is 7.62. The number of aromatic nitrogens is 2. The lowest BCUT2D eigenvalue weighted by molar-refractivity contribution is -0.132. The van der Waals surface area contributed by atoms with E-state index in [2.05, 4.69) is 21.3 Å². The number of nitrogens with zero attached hydrogens (tertiary/aromatic N) is 3. The molecule has 2 aliphatic rings. The van der Waals surface area contributed by atoms with Crippen molar-refractivity contribution < 1.29 is 9.59 Å². The number of hydrogen-bond acceptors (Lipinski definition) is 3. The van der Waals surface area contributed by atoms with Crippen LogP contribution in [0.5, 0.6) is 0 Å². The van der Waals surface area contributed by atoms with Gasteiger partial charge in [-0.15, -0.1) is 0 Å². The van der Waals surface area contributed by atoms with E-state index in [0.29, 0.717) is 25.6 Å². The Kier molecular flexibility index (Phi) is 5.16. The highest BCUT2D eigenvalue weighted by Crippen LogP contribution is 2.29. The molecule has 6 nitrogen and oxygen atoms in total. The highest BCUT2D eigenvalue weighted by atomic mass is 16.2. The summed E-state index contributed by atoms with van der Waals surface area (Å²) in [5.74, 6) is -0.180. The fourth-order valence-electron chi connectivity index (χ4n) is 3.87. The summed E-state index contributed by atoms with van der Waals surface area (Å²) >= 11 is 0. The van der Waals surface area contributed by atoms with E-state index in [1.54, 1.807) is 4.90 Å². The van der Waals surface area contributed by atoms with Crippen molar-refractivity contribution in [2.75, 3.05) is 13.1 Å². The van der Waals surface area contributed by atoms with Gasteiger partial charge in [-0.1, -0.05) is 12.8 Å². The van der Waals surface area contributed by atoms with Crippen LogP contribution in [0.4, 0.5) is 0 Å². The molecule has 6 heteroatoms.